The van der Waals surface area contributed by atoms with Crippen LogP contribution in [0.25, 0.3) is 11.0 Å². The topological polar surface area (TPSA) is 133 Å². The third kappa shape index (κ3) is 4.41. The zero-order valence-corrected chi connectivity index (χ0v) is 19.0. The minimum atomic E-state index is -2.25. The van der Waals surface area contributed by atoms with Crippen LogP contribution in [0, 0.1) is 0 Å². The number of rotatable bonds is 9. The smallest absolute Gasteiger partial charge is 0.195 e. The number of aromatic nitrogens is 3. The lowest BCUT2D eigenvalue weighted by Gasteiger charge is -2.33. The van der Waals surface area contributed by atoms with Gasteiger partial charge in [-0.3, -0.25) is 4.57 Å². The van der Waals surface area contributed by atoms with Crippen molar-refractivity contribution in [2.24, 2.45) is 0 Å². The molecule has 6 atom stereocenters. The van der Waals surface area contributed by atoms with E-state index in [9.17, 15) is 14.8 Å². The Labute approximate surface area is 177 Å². The van der Waals surface area contributed by atoms with Crippen molar-refractivity contribution in [3.05, 3.63) is 18.6 Å². The van der Waals surface area contributed by atoms with Crippen LogP contribution in [0.5, 0.6) is 0 Å². The molecule has 0 saturated carbocycles. The first-order chi connectivity index (χ1) is 14.2. The number of aliphatic hydroxyl groups excluding tert-OH is 2. The fourth-order valence-corrected chi connectivity index (χ4v) is 5.50. The summed E-state index contributed by atoms with van der Waals surface area (Å²) in [7, 11) is -2.25. The van der Waals surface area contributed by atoms with E-state index < -0.39 is 38.2 Å². The van der Waals surface area contributed by atoms with Crippen LogP contribution in [0.4, 0.5) is 5.82 Å². The van der Waals surface area contributed by atoms with Crippen molar-refractivity contribution in [3.8, 4) is 0 Å². The Hall–Kier alpha value is -1.51. The highest BCUT2D eigenvalue weighted by Gasteiger charge is 2.47. The fourth-order valence-electron chi connectivity index (χ4n) is 3.96. The standard InChI is InChI=1S/C20H33N4O5P/c1-5-12(6-2)30(27)29-20(4,7-3)10-14-15(25)16(26)19(28-14)24-9-8-13-17(21)22-11-23-18(13)24/h8-9,11-12,14-16,19,25-26,30H,5-7,10H2,1-4H3,(H2,21,22,23)/t14-,15?,16-,19?,20?/m1/s1. The van der Waals surface area contributed by atoms with Gasteiger partial charge in [-0.2, -0.15) is 0 Å². The average Bonchev–Trinajstić information content (AvgIpc) is 3.26. The molecule has 2 aromatic rings. The molecular weight excluding hydrogens is 407 g/mol. The van der Waals surface area contributed by atoms with E-state index in [0.717, 1.165) is 12.8 Å². The summed E-state index contributed by atoms with van der Waals surface area (Å²) < 4.78 is 26.4. The minimum Gasteiger partial charge on any atom is -0.388 e. The molecule has 3 rings (SSSR count). The van der Waals surface area contributed by atoms with Gasteiger partial charge in [0.2, 0.25) is 0 Å². The molecule has 4 unspecified atom stereocenters. The highest BCUT2D eigenvalue weighted by atomic mass is 31.1. The first kappa shape index (κ1) is 23.2. The highest BCUT2D eigenvalue weighted by molar-refractivity contribution is 7.40. The Morgan fingerprint density at radius 2 is 2.00 bits per heavy atom. The van der Waals surface area contributed by atoms with Crippen LogP contribution in [0.2, 0.25) is 0 Å². The maximum atomic E-state index is 12.7. The van der Waals surface area contributed by atoms with Crippen molar-refractivity contribution in [1.82, 2.24) is 14.5 Å². The minimum absolute atomic E-state index is 0.0324. The van der Waals surface area contributed by atoms with Crippen molar-refractivity contribution >= 4 is 24.9 Å². The molecule has 1 aliphatic heterocycles. The van der Waals surface area contributed by atoms with Gasteiger partial charge in [0.25, 0.3) is 0 Å². The molecule has 0 amide bonds. The molecule has 0 spiro atoms. The summed E-state index contributed by atoms with van der Waals surface area (Å²) in [5, 5.41) is 22.0. The van der Waals surface area contributed by atoms with Crippen molar-refractivity contribution in [3.63, 3.8) is 0 Å². The highest BCUT2D eigenvalue weighted by Crippen LogP contribution is 2.44. The largest absolute Gasteiger partial charge is 0.388 e. The summed E-state index contributed by atoms with van der Waals surface area (Å²) in [6.07, 6.45) is 1.79. The summed E-state index contributed by atoms with van der Waals surface area (Å²) in [5.41, 5.74) is 5.71. The number of aliphatic hydroxyl groups is 2. The molecule has 3 heterocycles. The van der Waals surface area contributed by atoms with Gasteiger partial charge < -0.3 is 29.8 Å². The maximum Gasteiger partial charge on any atom is 0.195 e. The second kappa shape index (κ2) is 9.32. The van der Waals surface area contributed by atoms with Gasteiger partial charge in [-0.1, -0.05) is 20.8 Å². The molecule has 0 radical (unpaired) electrons. The second-order valence-electron chi connectivity index (χ2n) is 8.21. The van der Waals surface area contributed by atoms with E-state index in [1.165, 1.54) is 6.33 Å². The number of nitrogens with two attached hydrogens (primary N) is 1. The van der Waals surface area contributed by atoms with Crippen LogP contribution < -0.4 is 5.73 Å². The third-order valence-corrected chi connectivity index (χ3v) is 8.38. The molecule has 168 valence electrons. The van der Waals surface area contributed by atoms with Crippen LogP contribution in [-0.4, -0.2) is 54.3 Å². The summed E-state index contributed by atoms with van der Waals surface area (Å²) >= 11 is 0. The van der Waals surface area contributed by atoms with E-state index in [1.54, 1.807) is 16.8 Å². The molecule has 1 saturated heterocycles. The monoisotopic (exact) mass is 440 g/mol. The van der Waals surface area contributed by atoms with Crippen molar-refractivity contribution in [2.75, 3.05) is 5.73 Å². The molecule has 0 aromatic carbocycles. The third-order valence-electron chi connectivity index (χ3n) is 6.20. The lowest BCUT2D eigenvalue weighted by Crippen LogP contribution is -2.38. The quantitative estimate of drug-likeness (QED) is 0.507. The number of anilines is 1. The molecule has 10 heteroatoms. The Kier molecular flexibility index (Phi) is 7.20. The summed E-state index contributed by atoms with van der Waals surface area (Å²) in [6.45, 7) is 7.85. The Balaban J connectivity index is 1.78. The predicted molar refractivity (Wildman–Crippen MR) is 116 cm³/mol. The van der Waals surface area contributed by atoms with Crippen molar-refractivity contribution in [1.29, 1.82) is 0 Å². The van der Waals surface area contributed by atoms with Gasteiger partial charge in [-0.05, 0) is 32.3 Å². The van der Waals surface area contributed by atoms with Gasteiger partial charge in [0.1, 0.15) is 30.0 Å². The van der Waals surface area contributed by atoms with Gasteiger partial charge in [0.15, 0.2) is 14.3 Å². The lowest BCUT2D eigenvalue weighted by molar-refractivity contribution is -0.0620. The van der Waals surface area contributed by atoms with E-state index in [1.807, 2.05) is 27.7 Å². The van der Waals surface area contributed by atoms with E-state index in [0.29, 0.717) is 29.7 Å². The van der Waals surface area contributed by atoms with Gasteiger partial charge in [-0.25, -0.2) is 9.97 Å². The zero-order chi connectivity index (χ0) is 22.1. The Morgan fingerprint density at radius 1 is 1.30 bits per heavy atom. The van der Waals surface area contributed by atoms with Gasteiger partial charge in [0, 0.05) is 18.3 Å². The van der Waals surface area contributed by atoms with Crippen LogP contribution in [0.3, 0.4) is 0 Å². The molecular formula is C20H33N4O5P. The number of ether oxygens (including phenoxy) is 1. The summed E-state index contributed by atoms with van der Waals surface area (Å²) in [4.78, 5) is 8.21. The normalized spacial score (nSPS) is 27.6. The molecule has 0 aliphatic carbocycles. The lowest BCUT2D eigenvalue weighted by atomic mass is 9.93. The van der Waals surface area contributed by atoms with Gasteiger partial charge in [0.05, 0.1) is 17.1 Å². The van der Waals surface area contributed by atoms with Crippen molar-refractivity contribution < 1.29 is 24.0 Å². The number of hydrogen-bond acceptors (Lipinski definition) is 8. The first-order valence-electron chi connectivity index (χ1n) is 10.6. The molecule has 2 aromatic heterocycles. The van der Waals surface area contributed by atoms with Crippen LogP contribution in [-0.2, 0) is 13.8 Å². The van der Waals surface area contributed by atoms with Crippen LogP contribution >= 0.6 is 8.03 Å². The number of nitrogens with zero attached hydrogens (tertiary/aromatic N) is 3. The molecule has 1 fully saturated rings. The zero-order valence-electron chi connectivity index (χ0n) is 18.0. The van der Waals surface area contributed by atoms with E-state index in [4.69, 9.17) is 15.0 Å². The summed E-state index contributed by atoms with van der Waals surface area (Å²) in [5.74, 6) is 0.335. The SMILES string of the molecule is CCC(CC)[PH](=O)OC(C)(CC)C[C@H]1OC(n2ccc3c(N)ncnc32)[C@H](O)C1O. The maximum absolute atomic E-state index is 12.7. The fraction of sp³-hybridized carbons (Fsp3) is 0.700. The molecule has 4 N–H and O–H groups in total. The molecule has 1 aliphatic rings. The molecule has 9 nitrogen and oxygen atoms in total. The Morgan fingerprint density at radius 3 is 2.63 bits per heavy atom. The van der Waals surface area contributed by atoms with E-state index in [-0.39, 0.29) is 5.66 Å². The average molecular weight is 440 g/mol. The van der Waals surface area contributed by atoms with Gasteiger partial charge >= 0.3 is 0 Å². The molecule has 30 heavy (non-hydrogen) atoms. The Bertz CT molecular complexity index is 889. The van der Waals surface area contributed by atoms with E-state index >= 15 is 0 Å². The molecule has 0 bridgehead atoms. The number of fused-ring (bicyclic) bond motifs is 1. The second-order valence-corrected chi connectivity index (χ2v) is 9.87. The van der Waals surface area contributed by atoms with E-state index in [2.05, 4.69) is 9.97 Å². The first-order valence-corrected chi connectivity index (χ1v) is 12.0. The van der Waals surface area contributed by atoms with Crippen LogP contribution in [0.1, 0.15) is 59.6 Å². The predicted octanol–water partition coefficient (Wildman–Crippen LogP) is 2.87. The van der Waals surface area contributed by atoms with Gasteiger partial charge in [-0.15, -0.1) is 0 Å². The van der Waals surface area contributed by atoms with Crippen molar-refractivity contribution in [2.45, 2.75) is 89.2 Å². The number of hydrogen-bond donors (Lipinski definition) is 3. The number of nitrogen functional groups attached to an aromatic ring is 1. The summed E-state index contributed by atoms with van der Waals surface area (Å²) in [6, 6.07) is 1.75. The van der Waals surface area contributed by atoms with Crippen LogP contribution in [0.15, 0.2) is 18.6 Å².